The second kappa shape index (κ2) is 9.04. The van der Waals surface area contributed by atoms with Gasteiger partial charge in [0.15, 0.2) is 0 Å². The van der Waals surface area contributed by atoms with E-state index in [-0.39, 0.29) is 35.7 Å². The lowest BCUT2D eigenvalue weighted by molar-refractivity contribution is -0.131. The van der Waals surface area contributed by atoms with Gasteiger partial charge in [-0.05, 0) is 37.1 Å². The zero-order valence-electron chi connectivity index (χ0n) is 17.4. The van der Waals surface area contributed by atoms with Crippen molar-refractivity contribution >= 4 is 5.91 Å². The summed E-state index contributed by atoms with van der Waals surface area (Å²) in [5, 5.41) is 10.4. The van der Waals surface area contributed by atoms with Crippen molar-refractivity contribution in [2.45, 2.75) is 31.5 Å². The van der Waals surface area contributed by atoms with Crippen molar-refractivity contribution in [1.29, 1.82) is 0 Å². The maximum absolute atomic E-state index is 13.3. The average Bonchev–Trinajstić information content (AvgIpc) is 3.31. The Morgan fingerprint density at radius 3 is 2.50 bits per heavy atom. The predicted octanol–water partition coefficient (Wildman–Crippen LogP) is 2.54. The van der Waals surface area contributed by atoms with Crippen LogP contribution in [0.2, 0.25) is 0 Å². The van der Waals surface area contributed by atoms with Gasteiger partial charge in [-0.25, -0.2) is 10.9 Å². The number of fused-ring (bicyclic) bond motifs is 1. The molecule has 7 nitrogen and oxygen atoms in total. The van der Waals surface area contributed by atoms with Gasteiger partial charge in [-0.15, -0.1) is 0 Å². The Kier molecular flexibility index (Phi) is 6.22. The summed E-state index contributed by atoms with van der Waals surface area (Å²) < 4.78 is 10.8. The van der Waals surface area contributed by atoms with E-state index < -0.39 is 0 Å². The molecule has 30 heavy (non-hydrogen) atoms. The number of carbonyl (C=O) groups excluding carboxylic acids is 1. The van der Waals surface area contributed by atoms with Crippen LogP contribution in [0, 0.1) is 5.92 Å². The smallest absolute Gasteiger partial charge is 0.242 e. The number of hydrogen-bond donors (Lipinski definition) is 3. The van der Waals surface area contributed by atoms with Crippen LogP contribution in [0.4, 0.5) is 0 Å². The molecule has 4 atom stereocenters. The number of hydrazine groups is 1. The predicted molar refractivity (Wildman–Crippen MR) is 113 cm³/mol. The summed E-state index contributed by atoms with van der Waals surface area (Å²) in [7, 11) is 1.64. The number of methoxy groups -OCH3 is 1. The van der Waals surface area contributed by atoms with Crippen LogP contribution in [0.1, 0.15) is 36.6 Å². The van der Waals surface area contributed by atoms with E-state index in [9.17, 15) is 9.90 Å². The molecule has 2 heterocycles. The summed E-state index contributed by atoms with van der Waals surface area (Å²) in [6.45, 7) is 3.89. The molecule has 0 spiro atoms. The molecule has 7 heteroatoms. The lowest BCUT2D eigenvalue weighted by atomic mass is 9.83. The van der Waals surface area contributed by atoms with E-state index in [0.717, 1.165) is 23.3 Å². The van der Waals surface area contributed by atoms with Crippen molar-refractivity contribution < 1.29 is 19.4 Å². The largest absolute Gasteiger partial charge is 0.508 e. The fourth-order valence-corrected chi connectivity index (χ4v) is 4.65. The Labute approximate surface area is 177 Å². The molecular formula is C23H29N3O4. The summed E-state index contributed by atoms with van der Waals surface area (Å²) >= 11 is 0. The third-order valence-corrected chi connectivity index (χ3v) is 6.03. The Bertz CT molecular complexity index is 873. The van der Waals surface area contributed by atoms with Crippen LogP contribution in [0.25, 0.3) is 0 Å². The van der Waals surface area contributed by atoms with Gasteiger partial charge in [0.25, 0.3) is 0 Å². The molecule has 2 aromatic carbocycles. The average molecular weight is 412 g/mol. The first-order valence-corrected chi connectivity index (χ1v) is 10.5. The topological polar surface area (TPSA) is 83.1 Å². The summed E-state index contributed by atoms with van der Waals surface area (Å²) in [4.78, 5) is 15.3. The Morgan fingerprint density at radius 2 is 1.80 bits per heavy atom. The lowest BCUT2D eigenvalue weighted by Gasteiger charge is -2.31. The molecule has 0 aromatic heterocycles. The molecule has 0 aliphatic carbocycles. The highest BCUT2D eigenvalue weighted by Gasteiger charge is 2.55. The molecule has 2 aliphatic heterocycles. The van der Waals surface area contributed by atoms with Crippen LogP contribution in [0.5, 0.6) is 11.5 Å². The molecule has 4 unspecified atom stereocenters. The van der Waals surface area contributed by atoms with E-state index in [0.29, 0.717) is 19.8 Å². The molecule has 3 N–H and O–H groups in total. The Hall–Kier alpha value is -2.61. The number of phenols is 1. The summed E-state index contributed by atoms with van der Waals surface area (Å²) in [5.74, 6) is 1.02. The fourth-order valence-electron chi connectivity index (χ4n) is 4.65. The van der Waals surface area contributed by atoms with Gasteiger partial charge in [0.2, 0.25) is 5.91 Å². The first-order chi connectivity index (χ1) is 14.7. The van der Waals surface area contributed by atoms with Crippen LogP contribution in [-0.2, 0) is 9.53 Å². The van der Waals surface area contributed by atoms with Gasteiger partial charge in [-0.3, -0.25) is 4.79 Å². The minimum Gasteiger partial charge on any atom is -0.508 e. The van der Waals surface area contributed by atoms with Crippen LogP contribution in [0.3, 0.4) is 0 Å². The van der Waals surface area contributed by atoms with Crippen LogP contribution in [-0.4, -0.2) is 48.8 Å². The number of rotatable bonds is 8. The van der Waals surface area contributed by atoms with Gasteiger partial charge < -0.3 is 19.5 Å². The molecule has 0 saturated carbocycles. The number of amides is 1. The third kappa shape index (κ3) is 3.76. The number of likely N-dealkylation sites (tertiary alicyclic amines) is 1. The van der Waals surface area contributed by atoms with Crippen molar-refractivity contribution in [2.75, 3.05) is 26.9 Å². The molecule has 160 valence electrons. The number of phenolic OH excluding ortho intramolecular Hbond substituents is 1. The normalized spacial score (nSPS) is 25.5. The third-order valence-electron chi connectivity index (χ3n) is 6.03. The molecule has 2 fully saturated rings. The maximum Gasteiger partial charge on any atom is 0.242 e. The number of ether oxygens (including phenoxy) is 2. The fraction of sp³-hybridized carbons (Fsp3) is 0.435. The monoisotopic (exact) mass is 411 g/mol. The maximum atomic E-state index is 13.3. The molecule has 2 aromatic rings. The minimum atomic E-state index is -0.353. The van der Waals surface area contributed by atoms with Gasteiger partial charge in [0.1, 0.15) is 17.5 Å². The van der Waals surface area contributed by atoms with Gasteiger partial charge in [0, 0.05) is 31.2 Å². The highest BCUT2D eigenvalue weighted by molar-refractivity contribution is 5.86. The molecule has 4 rings (SSSR count). The Morgan fingerprint density at radius 1 is 1.07 bits per heavy atom. The number of aromatic hydroxyl groups is 1. The zero-order valence-corrected chi connectivity index (χ0v) is 17.4. The molecule has 1 amide bonds. The van der Waals surface area contributed by atoms with E-state index >= 15 is 0 Å². The molecule has 0 bridgehead atoms. The lowest BCUT2D eigenvalue weighted by Crippen LogP contribution is -2.41. The van der Waals surface area contributed by atoms with Crippen molar-refractivity contribution in [3.63, 3.8) is 0 Å². The second-order valence-corrected chi connectivity index (χ2v) is 7.68. The van der Waals surface area contributed by atoms with Gasteiger partial charge in [0.05, 0.1) is 19.2 Å². The number of benzene rings is 2. The van der Waals surface area contributed by atoms with Gasteiger partial charge >= 0.3 is 0 Å². The van der Waals surface area contributed by atoms with Crippen molar-refractivity contribution in [2.24, 2.45) is 5.92 Å². The molecule has 2 saturated heterocycles. The summed E-state index contributed by atoms with van der Waals surface area (Å²) in [6, 6.07) is 14.5. The number of para-hydroxylation sites is 1. The first kappa shape index (κ1) is 20.7. The second-order valence-electron chi connectivity index (χ2n) is 7.68. The highest BCUT2D eigenvalue weighted by atomic mass is 16.5. The molecular weight excluding hydrogens is 382 g/mol. The number of carbonyl (C=O) groups is 1. The standard InChI is InChI=1S/C23H29N3O4/c1-3-30-14-6-13-26-22(15-9-11-16(29-2)12-10-15)19-20(24-25-21(19)23(26)28)17-7-4-5-8-18(17)27/h4-5,7-12,19-22,24-25,27H,3,6,13-14H2,1-2H3. The molecule has 0 radical (unpaired) electrons. The van der Waals surface area contributed by atoms with Gasteiger partial charge in [-0.1, -0.05) is 30.3 Å². The SMILES string of the molecule is CCOCCCN1C(=O)C2NNC(c3ccccc3O)C2C1c1ccc(OC)cc1. The van der Waals surface area contributed by atoms with Gasteiger partial charge in [-0.2, -0.15) is 0 Å². The number of hydrogen-bond acceptors (Lipinski definition) is 6. The van der Waals surface area contributed by atoms with E-state index in [2.05, 4.69) is 10.9 Å². The minimum absolute atomic E-state index is 0.0636. The van der Waals surface area contributed by atoms with Crippen molar-refractivity contribution in [3.05, 3.63) is 59.7 Å². The highest BCUT2D eigenvalue weighted by Crippen LogP contribution is 2.48. The zero-order chi connectivity index (χ0) is 21.1. The first-order valence-electron chi connectivity index (χ1n) is 10.5. The molecule has 2 aliphatic rings. The summed E-state index contributed by atoms with van der Waals surface area (Å²) in [5.41, 5.74) is 8.29. The van der Waals surface area contributed by atoms with Crippen LogP contribution in [0.15, 0.2) is 48.5 Å². The van der Waals surface area contributed by atoms with Crippen molar-refractivity contribution in [1.82, 2.24) is 15.8 Å². The Balaban J connectivity index is 1.68. The van der Waals surface area contributed by atoms with Crippen molar-refractivity contribution in [3.8, 4) is 11.5 Å². The summed E-state index contributed by atoms with van der Waals surface area (Å²) in [6.07, 6.45) is 0.778. The number of nitrogens with zero attached hydrogens (tertiary/aromatic N) is 1. The number of nitrogens with one attached hydrogen (secondary N) is 2. The quantitative estimate of drug-likeness (QED) is 0.579. The van der Waals surface area contributed by atoms with E-state index in [4.69, 9.17) is 9.47 Å². The van der Waals surface area contributed by atoms with E-state index in [1.165, 1.54) is 0 Å². The van der Waals surface area contributed by atoms with E-state index in [1.54, 1.807) is 19.2 Å². The van der Waals surface area contributed by atoms with E-state index in [1.807, 2.05) is 48.2 Å². The van der Waals surface area contributed by atoms with Crippen LogP contribution >= 0.6 is 0 Å². The van der Waals surface area contributed by atoms with Crippen LogP contribution < -0.4 is 15.6 Å².